The van der Waals surface area contributed by atoms with Gasteiger partial charge in [-0.1, -0.05) is 51.1 Å². The molecule has 0 saturated heterocycles. The molecule has 0 aliphatic rings. The highest BCUT2D eigenvalue weighted by Crippen LogP contribution is 2.21. The molecule has 0 aliphatic carbocycles. The van der Waals surface area contributed by atoms with Gasteiger partial charge in [-0.15, -0.1) is 0 Å². The molecule has 0 fully saturated rings. The predicted octanol–water partition coefficient (Wildman–Crippen LogP) is 1.98. The molecule has 1 aromatic rings. The highest BCUT2D eigenvalue weighted by Gasteiger charge is 2.27. The Bertz CT molecular complexity index is 360. The highest BCUT2D eigenvalue weighted by atomic mass is 16.2. The lowest BCUT2D eigenvalue weighted by molar-refractivity contribution is -0.129. The van der Waals surface area contributed by atoms with Gasteiger partial charge in [0, 0.05) is 18.5 Å². The Hall–Kier alpha value is -1.35. The maximum absolute atomic E-state index is 12.1. The number of hydrogen-bond acceptors (Lipinski definition) is 2. The first kappa shape index (κ1) is 14.7. The molecular formula is C15H24N2O. The second-order valence-corrected chi connectivity index (χ2v) is 5.16. The molecule has 0 heterocycles. The van der Waals surface area contributed by atoms with E-state index in [1.54, 1.807) is 0 Å². The third-order valence-corrected chi connectivity index (χ3v) is 2.94. The van der Waals surface area contributed by atoms with E-state index in [-0.39, 0.29) is 11.3 Å². The van der Waals surface area contributed by atoms with Crippen molar-refractivity contribution in [1.29, 1.82) is 0 Å². The van der Waals surface area contributed by atoms with E-state index >= 15 is 0 Å². The second-order valence-electron chi connectivity index (χ2n) is 5.16. The van der Waals surface area contributed by atoms with Crippen LogP contribution in [0.3, 0.4) is 0 Å². The standard InChI is InChI=1S/C15H24N2O/c1-4-16-10-11-17-14(18)15(2,3)12-13-8-6-5-7-9-13/h5-9,16H,4,10-12H2,1-3H3,(H,17,18). The fourth-order valence-electron chi connectivity index (χ4n) is 1.87. The van der Waals surface area contributed by atoms with Crippen molar-refractivity contribution in [2.75, 3.05) is 19.6 Å². The van der Waals surface area contributed by atoms with Crippen molar-refractivity contribution in [1.82, 2.24) is 10.6 Å². The fourth-order valence-corrected chi connectivity index (χ4v) is 1.87. The minimum absolute atomic E-state index is 0.115. The van der Waals surface area contributed by atoms with Crippen LogP contribution in [0.1, 0.15) is 26.3 Å². The summed E-state index contributed by atoms with van der Waals surface area (Å²) in [6.07, 6.45) is 0.765. The average Bonchev–Trinajstić information content (AvgIpc) is 2.35. The molecule has 18 heavy (non-hydrogen) atoms. The second kappa shape index (κ2) is 7.17. The van der Waals surface area contributed by atoms with Gasteiger partial charge < -0.3 is 10.6 Å². The van der Waals surface area contributed by atoms with Gasteiger partial charge >= 0.3 is 0 Å². The van der Waals surface area contributed by atoms with E-state index in [1.165, 1.54) is 5.56 Å². The first-order valence-electron chi connectivity index (χ1n) is 6.59. The Balaban J connectivity index is 2.44. The molecule has 1 aromatic carbocycles. The Morgan fingerprint density at radius 2 is 1.83 bits per heavy atom. The number of hydrogen-bond donors (Lipinski definition) is 2. The number of amides is 1. The maximum Gasteiger partial charge on any atom is 0.226 e. The number of benzene rings is 1. The van der Waals surface area contributed by atoms with Gasteiger partial charge in [-0.2, -0.15) is 0 Å². The monoisotopic (exact) mass is 248 g/mol. The molecule has 0 aromatic heterocycles. The molecule has 0 unspecified atom stereocenters. The van der Waals surface area contributed by atoms with Crippen molar-refractivity contribution >= 4 is 5.91 Å². The van der Waals surface area contributed by atoms with E-state index in [9.17, 15) is 4.79 Å². The summed E-state index contributed by atoms with van der Waals surface area (Å²) in [5, 5.41) is 6.17. The van der Waals surface area contributed by atoms with Crippen LogP contribution >= 0.6 is 0 Å². The molecule has 1 amide bonds. The van der Waals surface area contributed by atoms with Crippen LogP contribution in [0.2, 0.25) is 0 Å². The minimum Gasteiger partial charge on any atom is -0.354 e. The third kappa shape index (κ3) is 4.88. The van der Waals surface area contributed by atoms with Crippen LogP contribution in [0, 0.1) is 5.41 Å². The normalized spacial score (nSPS) is 11.3. The third-order valence-electron chi connectivity index (χ3n) is 2.94. The lowest BCUT2D eigenvalue weighted by Crippen LogP contribution is -2.41. The van der Waals surface area contributed by atoms with Crippen LogP contribution in [0.15, 0.2) is 30.3 Å². The summed E-state index contributed by atoms with van der Waals surface area (Å²) >= 11 is 0. The van der Waals surface area contributed by atoms with E-state index in [0.29, 0.717) is 6.54 Å². The summed E-state index contributed by atoms with van der Waals surface area (Å²) in [6, 6.07) is 10.1. The van der Waals surface area contributed by atoms with Gasteiger partial charge in [0.05, 0.1) is 0 Å². The molecule has 0 bridgehead atoms. The van der Waals surface area contributed by atoms with Gasteiger partial charge in [0.2, 0.25) is 5.91 Å². The smallest absolute Gasteiger partial charge is 0.226 e. The first-order valence-corrected chi connectivity index (χ1v) is 6.59. The summed E-state index contributed by atoms with van der Waals surface area (Å²) in [4.78, 5) is 12.1. The number of carbonyl (C=O) groups excluding carboxylic acids is 1. The Kier molecular flexibility index (Phi) is 5.86. The number of likely N-dealkylation sites (N-methyl/N-ethyl adjacent to an activating group) is 1. The molecular weight excluding hydrogens is 224 g/mol. The molecule has 3 heteroatoms. The molecule has 2 N–H and O–H groups in total. The van der Waals surface area contributed by atoms with E-state index in [2.05, 4.69) is 29.7 Å². The van der Waals surface area contributed by atoms with Crippen molar-refractivity contribution in [3.05, 3.63) is 35.9 Å². The molecule has 3 nitrogen and oxygen atoms in total. The van der Waals surface area contributed by atoms with Gasteiger partial charge in [-0.05, 0) is 18.5 Å². The minimum atomic E-state index is -0.367. The Labute approximate surface area is 110 Å². The van der Waals surface area contributed by atoms with Crippen molar-refractivity contribution in [2.45, 2.75) is 27.2 Å². The van der Waals surface area contributed by atoms with E-state index in [1.807, 2.05) is 32.0 Å². The van der Waals surface area contributed by atoms with E-state index < -0.39 is 0 Å². The van der Waals surface area contributed by atoms with Crippen LogP contribution in [0.5, 0.6) is 0 Å². The zero-order chi connectivity index (χ0) is 13.4. The van der Waals surface area contributed by atoms with E-state index in [0.717, 1.165) is 19.5 Å². The number of nitrogens with one attached hydrogen (secondary N) is 2. The molecule has 0 atom stereocenters. The average molecular weight is 248 g/mol. The maximum atomic E-state index is 12.1. The SMILES string of the molecule is CCNCCNC(=O)C(C)(C)Cc1ccccc1. The first-order chi connectivity index (χ1) is 8.56. The highest BCUT2D eigenvalue weighted by molar-refractivity contribution is 5.82. The van der Waals surface area contributed by atoms with Crippen LogP contribution in [-0.4, -0.2) is 25.5 Å². The largest absolute Gasteiger partial charge is 0.354 e. The summed E-state index contributed by atoms with van der Waals surface area (Å²) in [5.41, 5.74) is 0.831. The summed E-state index contributed by atoms with van der Waals surface area (Å²) < 4.78 is 0. The van der Waals surface area contributed by atoms with Crippen LogP contribution < -0.4 is 10.6 Å². The number of carbonyl (C=O) groups is 1. The molecule has 0 aliphatic heterocycles. The molecule has 1 rings (SSSR count). The quantitative estimate of drug-likeness (QED) is 0.724. The Morgan fingerprint density at radius 3 is 2.44 bits per heavy atom. The van der Waals surface area contributed by atoms with Gasteiger partial charge in [-0.25, -0.2) is 0 Å². The van der Waals surface area contributed by atoms with E-state index in [4.69, 9.17) is 0 Å². The van der Waals surface area contributed by atoms with Crippen LogP contribution in [0.4, 0.5) is 0 Å². The van der Waals surface area contributed by atoms with Crippen molar-refractivity contribution in [3.63, 3.8) is 0 Å². The summed E-state index contributed by atoms with van der Waals surface area (Å²) in [6.45, 7) is 8.48. The Morgan fingerprint density at radius 1 is 1.17 bits per heavy atom. The van der Waals surface area contributed by atoms with Gasteiger partial charge in [-0.3, -0.25) is 4.79 Å². The van der Waals surface area contributed by atoms with Gasteiger partial charge in [0.15, 0.2) is 0 Å². The van der Waals surface area contributed by atoms with Crippen molar-refractivity contribution < 1.29 is 4.79 Å². The van der Waals surface area contributed by atoms with Gasteiger partial charge in [0.25, 0.3) is 0 Å². The topological polar surface area (TPSA) is 41.1 Å². The fraction of sp³-hybridized carbons (Fsp3) is 0.533. The number of rotatable bonds is 7. The summed E-state index contributed by atoms with van der Waals surface area (Å²) in [7, 11) is 0. The van der Waals surface area contributed by atoms with Crippen molar-refractivity contribution in [3.8, 4) is 0 Å². The zero-order valence-corrected chi connectivity index (χ0v) is 11.6. The summed E-state index contributed by atoms with van der Waals surface area (Å²) in [5.74, 6) is 0.115. The van der Waals surface area contributed by atoms with Crippen LogP contribution in [0.25, 0.3) is 0 Å². The van der Waals surface area contributed by atoms with Gasteiger partial charge in [0.1, 0.15) is 0 Å². The molecule has 0 radical (unpaired) electrons. The predicted molar refractivity (Wildman–Crippen MR) is 75.5 cm³/mol. The zero-order valence-electron chi connectivity index (χ0n) is 11.6. The lowest BCUT2D eigenvalue weighted by atomic mass is 9.85. The lowest BCUT2D eigenvalue weighted by Gasteiger charge is -2.23. The molecule has 0 spiro atoms. The molecule has 100 valence electrons. The van der Waals surface area contributed by atoms with Crippen molar-refractivity contribution in [2.24, 2.45) is 5.41 Å². The molecule has 0 saturated carbocycles. The van der Waals surface area contributed by atoms with Crippen LogP contribution in [-0.2, 0) is 11.2 Å².